The van der Waals surface area contributed by atoms with Gasteiger partial charge in [0, 0.05) is 13.0 Å². The van der Waals surface area contributed by atoms with Gasteiger partial charge in [0.25, 0.3) is 11.8 Å². The number of nitrogens with one attached hydrogen (secondary N) is 3. The highest BCUT2D eigenvalue weighted by Gasteiger charge is 2.46. The van der Waals surface area contributed by atoms with Gasteiger partial charge in [0.2, 0.25) is 11.8 Å². The summed E-state index contributed by atoms with van der Waals surface area (Å²) in [4.78, 5) is 49.9. The maximum atomic E-state index is 13.6. The Labute approximate surface area is 181 Å². The summed E-state index contributed by atoms with van der Waals surface area (Å²) in [7, 11) is 0. The zero-order valence-electron chi connectivity index (χ0n) is 17.1. The Morgan fingerprint density at radius 1 is 1.03 bits per heavy atom. The van der Waals surface area contributed by atoms with Crippen molar-refractivity contribution >= 4 is 23.6 Å². The van der Waals surface area contributed by atoms with Crippen LogP contribution in [0.3, 0.4) is 0 Å². The molecule has 0 saturated carbocycles. The van der Waals surface area contributed by atoms with Crippen molar-refractivity contribution in [2.24, 2.45) is 5.92 Å². The first kappa shape index (κ1) is 22.4. The van der Waals surface area contributed by atoms with Crippen LogP contribution in [0.5, 0.6) is 0 Å². The fourth-order valence-electron chi connectivity index (χ4n) is 4.58. The lowest BCUT2D eigenvalue weighted by molar-refractivity contribution is -0.170. The van der Waals surface area contributed by atoms with Gasteiger partial charge in [-0.15, -0.1) is 0 Å². The van der Waals surface area contributed by atoms with Gasteiger partial charge in [0.05, 0.1) is 11.1 Å². The Morgan fingerprint density at radius 2 is 1.72 bits per heavy atom. The number of carbonyl (C=O) groups excluding carboxylic acids is 4. The largest absolute Gasteiger partial charge is 0.404 e. The Kier molecular flexibility index (Phi) is 6.04. The second-order valence-corrected chi connectivity index (χ2v) is 8.31. The topological polar surface area (TPSA) is 108 Å². The number of rotatable bonds is 5. The van der Waals surface area contributed by atoms with Gasteiger partial charge in [-0.2, -0.15) is 13.2 Å². The molecule has 0 spiro atoms. The van der Waals surface area contributed by atoms with Gasteiger partial charge in [-0.05, 0) is 56.0 Å². The van der Waals surface area contributed by atoms with E-state index in [0.717, 1.165) is 4.90 Å². The Balaban J connectivity index is 1.49. The lowest BCUT2D eigenvalue weighted by Crippen LogP contribution is -2.54. The molecule has 1 aromatic rings. The van der Waals surface area contributed by atoms with Gasteiger partial charge in [-0.25, -0.2) is 0 Å². The molecule has 3 N–H and O–H groups in total. The second-order valence-electron chi connectivity index (χ2n) is 8.31. The van der Waals surface area contributed by atoms with Crippen LogP contribution in [-0.2, 0) is 16.1 Å². The van der Waals surface area contributed by atoms with E-state index in [-0.39, 0.29) is 30.5 Å². The number of hydrogen-bond donors (Lipinski definition) is 3. The van der Waals surface area contributed by atoms with E-state index in [4.69, 9.17) is 0 Å². The fourth-order valence-corrected chi connectivity index (χ4v) is 4.58. The normalized spacial score (nSPS) is 23.3. The highest BCUT2D eigenvalue weighted by Crippen LogP contribution is 2.32. The van der Waals surface area contributed by atoms with Crippen molar-refractivity contribution in [1.82, 2.24) is 20.9 Å². The van der Waals surface area contributed by atoms with Crippen LogP contribution in [0.2, 0.25) is 0 Å². The van der Waals surface area contributed by atoms with Crippen molar-refractivity contribution in [3.8, 4) is 0 Å². The average Bonchev–Trinajstić information content (AvgIpc) is 2.98. The molecule has 8 nitrogen and oxygen atoms in total. The maximum Gasteiger partial charge on any atom is 0.404 e. The van der Waals surface area contributed by atoms with E-state index in [1.165, 1.54) is 18.2 Å². The third-order valence-electron chi connectivity index (χ3n) is 6.24. The summed E-state index contributed by atoms with van der Waals surface area (Å²) in [5, 5.41) is 7.76. The number of fused-ring (bicyclic) bond motifs is 1. The minimum Gasteiger partial charge on any atom is -0.317 e. The van der Waals surface area contributed by atoms with Crippen LogP contribution in [-0.4, -0.2) is 59.9 Å². The predicted molar refractivity (Wildman–Crippen MR) is 105 cm³/mol. The Morgan fingerprint density at radius 3 is 2.38 bits per heavy atom. The number of halogens is 3. The van der Waals surface area contributed by atoms with Crippen molar-refractivity contribution in [3.63, 3.8) is 0 Å². The number of amides is 4. The monoisotopic (exact) mass is 452 g/mol. The molecular weight excluding hydrogens is 429 g/mol. The van der Waals surface area contributed by atoms with E-state index in [1.807, 2.05) is 0 Å². The number of carbonyl (C=O) groups is 4. The van der Waals surface area contributed by atoms with E-state index in [2.05, 4.69) is 16.0 Å². The first-order valence-electron chi connectivity index (χ1n) is 10.5. The molecule has 2 atom stereocenters. The first-order valence-corrected chi connectivity index (χ1v) is 10.5. The van der Waals surface area contributed by atoms with Crippen molar-refractivity contribution in [2.45, 2.75) is 50.5 Å². The molecule has 3 aliphatic rings. The molecule has 32 heavy (non-hydrogen) atoms. The van der Waals surface area contributed by atoms with Crippen LogP contribution in [0.25, 0.3) is 0 Å². The van der Waals surface area contributed by atoms with Gasteiger partial charge < -0.3 is 10.6 Å². The molecule has 4 rings (SSSR count). The molecule has 4 amide bonds. The molecule has 2 unspecified atom stereocenters. The summed E-state index contributed by atoms with van der Waals surface area (Å²) in [6.07, 6.45) is -3.54. The van der Waals surface area contributed by atoms with Crippen LogP contribution in [0, 0.1) is 5.92 Å². The van der Waals surface area contributed by atoms with Gasteiger partial charge >= 0.3 is 6.18 Å². The molecule has 2 saturated heterocycles. The SMILES string of the molecule is O=C1CCC(N2C(=O)c3ccc(CNC(C4CCNCC4)C(F)(F)F)cc3C2=O)C(=O)N1. The molecule has 172 valence electrons. The van der Waals surface area contributed by atoms with Crippen LogP contribution in [0.4, 0.5) is 13.2 Å². The highest BCUT2D eigenvalue weighted by molar-refractivity contribution is 6.23. The minimum atomic E-state index is -4.41. The fraction of sp³-hybridized carbons (Fsp3) is 0.524. The average molecular weight is 452 g/mol. The van der Waals surface area contributed by atoms with Crippen molar-refractivity contribution in [3.05, 3.63) is 34.9 Å². The standard InChI is InChI=1S/C21H23F3N4O4/c22-21(23,24)17(12-5-7-25-8-6-12)26-10-11-1-2-13-14(9-11)20(32)28(19(13)31)15-3-4-16(29)27-18(15)30/h1-2,9,12,15,17,25-26H,3-8,10H2,(H,27,29,30). The van der Waals surface area contributed by atoms with E-state index < -0.39 is 47.8 Å². The number of piperidine rings is 2. The molecule has 2 fully saturated rings. The lowest BCUT2D eigenvalue weighted by Gasteiger charge is -2.32. The summed E-state index contributed by atoms with van der Waals surface area (Å²) < 4.78 is 40.8. The second kappa shape index (κ2) is 8.62. The number of alkyl halides is 3. The van der Waals surface area contributed by atoms with Gasteiger partial charge in [-0.3, -0.25) is 29.4 Å². The minimum absolute atomic E-state index is 0.00843. The van der Waals surface area contributed by atoms with E-state index in [1.54, 1.807) is 0 Å². The summed E-state index contributed by atoms with van der Waals surface area (Å²) in [6.45, 7) is 0.941. The number of benzene rings is 1. The van der Waals surface area contributed by atoms with Gasteiger partial charge in [0.15, 0.2) is 0 Å². The zero-order chi connectivity index (χ0) is 23.0. The molecule has 1 aromatic carbocycles. The van der Waals surface area contributed by atoms with E-state index in [0.29, 0.717) is 31.5 Å². The summed E-state index contributed by atoms with van der Waals surface area (Å²) >= 11 is 0. The van der Waals surface area contributed by atoms with Gasteiger partial charge in [0.1, 0.15) is 12.1 Å². The first-order chi connectivity index (χ1) is 15.2. The van der Waals surface area contributed by atoms with Gasteiger partial charge in [-0.1, -0.05) is 6.07 Å². The molecule has 11 heteroatoms. The molecule has 0 radical (unpaired) electrons. The number of hydrogen-bond acceptors (Lipinski definition) is 6. The summed E-state index contributed by atoms with van der Waals surface area (Å²) in [6, 6.07) is 1.53. The van der Waals surface area contributed by atoms with Crippen LogP contribution in [0.15, 0.2) is 18.2 Å². The zero-order valence-corrected chi connectivity index (χ0v) is 17.1. The van der Waals surface area contributed by atoms with Crippen molar-refractivity contribution < 1.29 is 32.3 Å². The quantitative estimate of drug-likeness (QED) is 0.578. The van der Waals surface area contributed by atoms with Crippen LogP contribution in [0.1, 0.15) is 52.0 Å². The van der Waals surface area contributed by atoms with Crippen LogP contribution >= 0.6 is 0 Å². The van der Waals surface area contributed by atoms with E-state index in [9.17, 15) is 32.3 Å². The molecule has 3 heterocycles. The lowest BCUT2D eigenvalue weighted by atomic mass is 9.89. The Bertz CT molecular complexity index is 959. The summed E-state index contributed by atoms with van der Waals surface area (Å²) in [5.74, 6) is -3.07. The number of imide groups is 2. The van der Waals surface area contributed by atoms with Crippen LogP contribution < -0.4 is 16.0 Å². The summed E-state index contributed by atoms with van der Waals surface area (Å²) in [5.41, 5.74) is 0.566. The van der Waals surface area contributed by atoms with E-state index >= 15 is 0 Å². The number of nitrogens with zero attached hydrogens (tertiary/aromatic N) is 1. The molecule has 0 aromatic heterocycles. The molecule has 0 bridgehead atoms. The van der Waals surface area contributed by atoms with Crippen molar-refractivity contribution in [2.75, 3.05) is 13.1 Å². The third-order valence-corrected chi connectivity index (χ3v) is 6.24. The molecule has 3 aliphatic heterocycles. The molecule has 0 aliphatic carbocycles. The Hall–Kier alpha value is -2.79. The third kappa shape index (κ3) is 4.26. The maximum absolute atomic E-state index is 13.6. The molecular formula is C21H23F3N4O4. The smallest absolute Gasteiger partial charge is 0.317 e. The highest BCUT2D eigenvalue weighted by atomic mass is 19.4. The van der Waals surface area contributed by atoms with Crippen molar-refractivity contribution in [1.29, 1.82) is 0 Å². The predicted octanol–water partition coefficient (Wildman–Crippen LogP) is 1.11.